The van der Waals surface area contributed by atoms with Gasteiger partial charge < -0.3 is 5.32 Å². The SMILES string of the molecule is C=C(CC(C)(C)C)NCc1cccc(C(=C)/C=C\C(C)=C(/C)CC)c1. The Bertz CT molecular complexity index is 666. The minimum Gasteiger partial charge on any atom is -0.385 e. The summed E-state index contributed by atoms with van der Waals surface area (Å²) in [4.78, 5) is 0. The molecule has 0 aromatic heterocycles. The van der Waals surface area contributed by atoms with Gasteiger partial charge in [-0.15, -0.1) is 0 Å². The van der Waals surface area contributed by atoms with Crippen molar-refractivity contribution >= 4 is 5.57 Å². The van der Waals surface area contributed by atoms with Gasteiger partial charge in [0.05, 0.1) is 0 Å². The number of hydrogen-bond donors (Lipinski definition) is 1. The molecule has 1 nitrogen and oxygen atoms in total. The van der Waals surface area contributed by atoms with E-state index in [0.717, 1.165) is 30.7 Å². The molecule has 0 saturated heterocycles. The van der Waals surface area contributed by atoms with Crippen molar-refractivity contribution < 1.29 is 0 Å². The van der Waals surface area contributed by atoms with E-state index in [2.05, 4.69) is 96.4 Å². The second-order valence-corrected chi connectivity index (χ2v) is 8.07. The van der Waals surface area contributed by atoms with Crippen LogP contribution in [0.4, 0.5) is 0 Å². The van der Waals surface area contributed by atoms with Gasteiger partial charge in [0, 0.05) is 12.2 Å². The molecule has 1 aromatic rings. The van der Waals surface area contributed by atoms with E-state index >= 15 is 0 Å². The molecule has 0 aliphatic heterocycles. The van der Waals surface area contributed by atoms with E-state index in [0.29, 0.717) is 0 Å². The van der Waals surface area contributed by atoms with Gasteiger partial charge in [0.25, 0.3) is 0 Å². The van der Waals surface area contributed by atoms with Crippen LogP contribution in [0.15, 0.2) is 66.4 Å². The quantitative estimate of drug-likeness (QED) is 0.501. The molecule has 0 spiro atoms. The Morgan fingerprint density at radius 1 is 1.12 bits per heavy atom. The first-order chi connectivity index (χ1) is 11.6. The lowest BCUT2D eigenvalue weighted by molar-refractivity contribution is 0.398. The summed E-state index contributed by atoms with van der Waals surface area (Å²) in [6, 6.07) is 8.56. The third-order valence-electron chi connectivity index (χ3n) is 4.32. The Balaban J connectivity index is 2.73. The van der Waals surface area contributed by atoms with Gasteiger partial charge in [0.15, 0.2) is 0 Å². The van der Waals surface area contributed by atoms with Crippen LogP contribution in [-0.4, -0.2) is 0 Å². The van der Waals surface area contributed by atoms with Crippen LogP contribution in [0.25, 0.3) is 5.57 Å². The first kappa shape index (κ1) is 21.0. The second-order valence-electron chi connectivity index (χ2n) is 8.07. The highest BCUT2D eigenvalue weighted by Gasteiger charge is 2.11. The van der Waals surface area contributed by atoms with Crippen LogP contribution in [0.3, 0.4) is 0 Å². The zero-order valence-corrected chi connectivity index (χ0v) is 17.0. The number of allylic oxidation sites excluding steroid dienone is 6. The molecule has 0 amide bonds. The molecule has 1 aromatic carbocycles. The molecule has 0 aliphatic rings. The first-order valence-electron chi connectivity index (χ1n) is 9.16. The molecule has 0 unspecified atom stereocenters. The van der Waals surface area contributed by atoms with Gasteiger partial charge in [-0.1, -0.05) is 82.4 Å². The summed E-state index contributed by atoms with van der Waals surface area (Å²) in [7, 11) is 0. The van der Waals surface area contributed by atoms with E-state index < -0.39 is 0 Å². The van der Waals surface area contributed by atoms with Crippen LogP contribution in [0.5, 0.6) is 0 Å². The molecule has 136 valence electrons. The van der Waals surface area contributed by atoms with Crippen molar-refractivity contribution in [3.63, 3.8) is 0 Å². The van der Waals surface area contributed by atoms with Crippen molar-refractivity contribution in [2.75, 3.05) is 0 Å². The van der Waals surface area contributed by atoms with Crippen LogP contribution in [0.2, 0.25) is 0 Å². The maximum atomic E-state index is 4.22. The zero-order valence-electron chi connectivity index (χ0n) is 17.0. The Labute approximate surface area is 155 Å². The highest BCUT2D eigenvalue weighted by Crippen LogP contribution is 2.22. The van der Waals surface area contributed by atoms with Crippen LogP contribution >= 0.6 is 0 Å². The highest BCUT2D eigenvalue weighted by molar-refractivity contribution is 5.72. The number of benzene rings is 1. The Hall–Kier alpha value is -2.02. The summed E-state index contributed by atoms with van der Waals surface area (Å²) < 4.78 is 0. The zero-order chi connectivity index (χ0) is 19.0. The molecule has 0 aliphatic carbocycles. The maximum Gasteiger partial charge on any atom is 0.0397 e. The fraction of sp³-hybridized carbons (Fsp3) is 0.417. The maximum absolute atomic E-state index is 4.22. The predicted molar refractivity (Wildman–Crippen MR) is 113 cm³/mol. The van der Waals surface area contributed by atoms with E-state index in [1.807, 2.05) is 0 Å². The molecular weight excluding hydrogens is 302 g/mol. The summed E-state index contributed by atoms with van der Waals surface area (Å²) >= 11 is 0. The molecule has 0 bridgehead atoms. The molecule has 0 atom stereocenters. The van der Waals surface area contributed by atoms with Gasteiger partial charge in [0.1, 0.15) is 0 Å². The minimum absolute atomic E-state index is 0.257. The lowest BCUT2D eigenvalue weighted by Gasteiger charge is -2.20. The number of rotatable bonds is 8. The van der Waals surface area contributed by atoms with E-state index in [-0.39, 0.29) is 5.41 Å². The van der Waals surface area contributed by atoms with Crippen molar-refractivity contribution in [3.05, 3.63) is 77.5 Å². The lowest BCUT2D eigenvalue weighted by atomic mass is 9.91. The lowest BCUT2D eigenvalue weighted by Crippen LogP contribution is -2.17. The second kappa shape index (κ2) is 9.46. The summed E-state index contributed by atoms with van der Waals surface area (Å²) in [6.07, 6.45) is 6.34. The molecule has 1 rings (SSSR count). The summed E-state index contributed by atoms with van der Waals surface area (Å²) in [5.41, 5.74) is 7.54. The number of hydrogen-bond acceptors (Lipinski definition) is 1. The predicted octanol–water partition coefficient (Wildman–Crippen LogP) is 7.04. The molecule has 0 fully saturated rings. The van der Waals surface area contributed by atoms with Gasteiger partial charge >= 0.3 is 0 Å². The summed E-state index contributed by atoms with van der Waals surface area (Å²) in [6.45, 7) is 22.4. The number of nitrogens with one attached hydrogen (secondary N) is 1. The summed E-state index contributed by atoms with van der Waals surface area (Å²) in [5, 5.41) is 3.44. The third kappa shape index (κ3) is 8.07. The van der Waals surface area contributed by atoms with Crippen molar-refractivity contribution in [3.8, 4) is 0 Å². The van der Waals surface area contributed by atoms with Crippen LogP contribution < -0.4 is 5.32 Å². The van der Waals surface area contributed by atoms with Gasteiger partial charge in [-0.3, -0.25) is 0 Å². The van der Waals surface area contributed by atoms with Crippen molar-refractivity contribution in [2.24, 2.45) is 5.41 Å². The van der Waals surface area contributed by atoms with Gasteiger partial charge in [-0.25, -0.2) is 0 Å². The van der Waals surface area contributed by atoms with E-state index in [1.165, 1.54) is 22.3 Å². The Morgan fingerprint density at radius 2 is 1.80 bits per heavy atom. The molecule has 1 N–H and O–H groups in total. The normalized spacial score (nSPS) is 12.9. The Morgan fingerprint density at radius 3 is 2.40 bits per heavy atom. The van der Waals surface area contributed by atoms with Crippen molar-refractivity contribution in [1.29, 1.82) is 0 Å². The molecule has 0 radical (unpaired) electrons. The molecule has 1 heteroatoms. The van der Waals surface area contributed by atoms with E-state index in [1.54, 1.807) is 0 Å². The standard InChI is InChI=1S/C24H35N/c1-9-18(2)19(3)13-14-20(4)23-12-10-11-22(15-23)17-25-21(5)16-24(6,7)8/h10-15,25H,4-5,9,16-17H2,1-3,6-8H3/b14-13-,19-18+. The van der Waals surface area contributed by atoms with Gasteiger partial charge in [0.2, 0.25) is 0 Å². The Kier molecular flexibility index (Phi) is 7.96. The van der Waals surface area contributed by atoms with E-state index in [4.69, 9.17) is 0 Å². The summed E-state index contributed by atoms with van der Waals surface area (Å²) in [5.74, 6) is 0. The van der Waals surface area contributed by atoms with Crippen LogP contribution in [-0.2, 0) is 6.54 Å². The monoisotopic (exact) mass is 337 g/mol. The van der Waals surface area contributed by atoms with Crippen LogP contribution in [0.1, 0.15) is 65.5 Å². The third-order valence-corrected chi connectivity index (χ3v) is 4.32. The molecule has 0 heterocycles. The first-order valence-corrected chi connectivity index (χ1v) is 9.16. The fourth-order valence-corrected chi connectivity index (χ4v) is 2.55. The van der Waals surface area contributed by atoms with Crippen molar-refractivity contribution in [2.45, 2.75) is 60.9 Å². The minimum atomic E-state index is 0.257. The highest BCUT2D eigenvalue weighted by atomic mass is 14.9. The molecule has 25 heavy (non-hydrogen) atoms. The average molecular weight is 338 g/mol. The molecular formula is C24H35N. The fourth-order valence-electron chi connectivity index (χ4n) is 2.55. The van der Waals surface area contributed by atoms with Gasteiger partial charge in [-0.2, -0.15) is 0 Å². The van der Waals surface area contributed by atoms with E-state index in [9.17, 15) is 0 Å². The van der Waals surface area contributed by atoms with Gasteiger partial charge in [-0.05, 0) is 54.9 Å². The largest absolute Gasteiger partial charge is 0.385 e. The van der Waals surface area contributed by atoms with Crippen molar-refractivity contribution in [1.82, 2.24) is 5.32 Å². The topological polar surface area (TPSA) is 12.0 Å². The average Bonchev–Trinajstić information content (AvgIpc) is 2.55. The smallest absolute Gasteiger partial charge is 0.0397 e. The molecule has 0 saturated carbocycles. The van der Waals surface area contributed by atoms with Crippen LogP contribution in [0, 0.1) is 5.41 Å².